The molecule has 1 aromatic rings. The maximum Gasteiger partial charge on any atom is 0.323 e. The highest BCUT2D eigenvalue weighted by Crippen LogP contribution is 2.44. The zero-order chi connectivity index (χ0) is 18.7. The summed E-state index contributed by atoms with van der Waals surface area (Å²) in [5, 5.41) is 2.85. The average Bonchev–Trinajstić information content (AvgIpc) is 2.61. The molecule has 0 aromatic heterocycles. The third kappa shape index (κ3) is 7.89. The van der Waals surface area contributed by atoms with Gasteiger partial charge in [-0.2, -0.15) is 0 Å². The van der Waals surface area contributed by atoms with Gasteiger partial charge in [-0.3, -0.25) is 9.36 Å². The van der Waals surface area contributed by atoms with Crippen LogP contribution in [0.5, 0.6) is 5.75 Å². The van der Waals surface area contributed by atoms with Gasteiger partial charge in [-0.1, -0.05) is 51.0 Å². The molecule has 1 aromatic carbocycles. The molecule has 0 saturated heterocycles. The van der Waals surface area contributed by atoms with Crippen molar-refractivity contribution < 1.29 is 18.6 Å². The Labute approximate surface area is 151 Å². The summed E-state index contributed by atoms with van der Waals surface area (Å²) in [6.07, 6.45) is 4.38. The topological polar surface area (TPSA) is 64.6 Å². The number of ether oxygens (including phenoxy) is 1. The highest BCUT2D eigenvalue weighted by atomic mass is 31.2. The second-order valence-electron chi connectivity index (χ2n) is 6.04. The van der Waals surface area contributed by atoms with Crippen molar-refractivity contribution in [3.63, 3.8) is 0 Å². The van der Waals surface area contributed by atoms with E-state index in [1.165, 1.54) is 0 Å². The van der Waals surface area contributed by atoms with E-state index in [0.29, 0.717) is 24.7 Å². The smallest absolute Gasteiger partial charge is 0.323 e. The molecule has 25 heavy (non-hydrogen) atoms. The van der Waals surface area contributed by atoms with Gasteiger partial charge in [-0.05, 0) is 31.4 Å². The first-order valence-corrected chi connectivity index (χ1v) is 10.6. The van der Waals surface area contributed by atoms with Gasteiger partial charge >= 0.3 is 13.5 Å². The molecular weight excluding hydrogens is 337 g/mol. The molecule has 0 spiro atoms. The molecule has 0 heterocycles. The average molecular weight is 367 g/mol. The highest BCUT2D eigenvalue weighted by molar-refractivity contribution is 7.57. The van der Waals surface area contributed by atoms with E-state index < -0.39 is 19.5 Å². The molecule has 6 heteroatoms. The van der Waals surface area contributed by atoms with E-state index in [-0.39, 0.29) is 6.16 Å². The predicted molar refractivity (Wildman–Crippen MR) is 102 cm³/mol. The lowest BCUT2D eigenvalue weighted by Gasteiger charge is -2.24. The van der Waals surface area contributed by atoms with Gasteiger partial charge in [0.15, 0.2) is 0 Å². The lowest BCUT2D eigenvalue weighted by molar-refractivity contribution is -0.146. The van der Waals surface area contributed by atoms with Gasteiger partial charge in [0.05, 0.1) is 12.8 Å². The van der Waals surface area contributed by atoms with Gasteiger partial charge in [0, 0.05) is 0 Å². The van der Waals surface area contributed by atoms with Crippen molar-refractivity contribution >= 4 is 13.5 Å². The molecule has 1 rings (SSSR count). The van der Waals surface area contributed by atoms with E-state index in [2.05, 4.69) is 25.5 Å². The molecule has 5 nitrogen and oxygen atoms in total. The third-order valence-corrected chi connectivity index (χ3v) is 6.12. The van der Waals surface area contributed by atoms with Gasteiger partial charge in [0.1, 0.15) is 11.8 Å². The number of hydrogen-bond acceptors (Lipinski definition) is 4. The number of carbonyl (C=O) groups is 1. The van der Waals surface area contributed by atoms with Crippen LogP contribution in [0.15, 0.2) is 43.0 Å². The summed E-state index contributed by atoms with van der Waals surface area (Å²) < 4.78 is 24.1. The van der Waals surface area contributed by atoms with E-state index in [0.717, 1.165) is 12.8 Å². The Morgan fingerprint density at radius 2 is 1.92 bits per heavy atom. The first kappa shape index (κ1) is 21.5. The molecule has 1 N–H and O–H groups in total. The molecule has 0 radical (unpaired) electrons. The summed E-state index contributed by atoms with van der Waals surface area (Å²) >= 11 is 0. The summed E-state index contributed by atoms with van der Waals surface area (Å²) in [5.41, 5.74) is 0. The normalized spacial score (nSPS) is 14.6. The van der Waals surface area contributed by atoms with Crippen LogP contribution in [-0.2, 0) is 14.1 Å². The van der Waals surface area contributed by atoms with Gasteiger partial charge in [-0.25, -0.2) is 5.09 Å². The van der Waals surface area contributed by atoms with E-state index in [1.807, 2.05) is 6.07 Å². The lowest BCUT2D eigenvalue weighted by atomic mass is 10.1. The van der Waals surface area contributed by atoms with E-state index in [9.17, 15) is 9.36 Å². The second kappa shape index (κ2) is 11.1. The van der Waals surface area contributed by atoms with Crippen molar-refractivity contribution in [1.29, 1.82) is 0 Å². The number of rotatable bonds is 12. The Morgan fingerprint density at radius 3 is 2.48 bits per heavy atom. The molecule has 0 bridgehead atoms. The summed E-state index contributed by atoms with van der Waals surface area (Å²) in [4.78, 5) is 12.2. The minimum atomic E-state index is -3.25. The minimum Gasteiger partial charge on any atom is -0.464 e. The summed E-state index contributed by atoms with van der Waals surface area (Å²) in [6, 6.07) is 8.22. The van der Waals surface area contributed by atoms with Crippen LogP contribution in [0.2, 0.25) is 0 Å². The standard InChI is InChI=1S/C19H30NO4P/c1-5-8-14-25(22,24-18-12-10-9-11-13-18)20-16(4)19(21)23-15-17(6-2)7-3/h5,9-13,16-17H,1,6-8,14-15H2,2-4H3,(H,20,22)/t16-,25?/m0/s1. The van der Waals surface area contributed by atoms with Crippen LogP contribution >= 0.6 is 7.52 Å². The Kier molecular flexibility index (Phi) is 9.54. The Balaban J connectivity index is 2.71. The Bertz CT molecular complexity index is 572. The molecule has 2 atom stereocenters. The largest absolute Gasteiger partial charge is 0.464 e. The maximum absolute atomic E-state index is 13.1. The van der Waals surface area contributed by atoms with Crippen LogP contribution in [0.1, 0.15) is 40.0 Å². The van der Waals surface area contributed by atoms with Crippen LogP contribution < -0.4 is 9.61 Å². The van der Waals surface area contributed by atoms with Gasteiger partial charge in [-0.15, -0.1) is 6.58 Å². The van der Waals surface area contributed by atoms with Crippen molar-refractivity contribution in [2.45, 2.75) is 46.1 Å². The monoisotopic (exact) mass is 367 g/mol. The predicted octanol–water partition coefficient (Wildman–Crippen LogP) is 4.79. The molecule has 140 valence electrons. The van der Waals surface area contributed by atoms with Gasteiger partial charge in [0.25, 0.3) is 0 Å². The number of nitrogens with one attached hydrogen (secondary N) is 1. The Morgan fingerprint density at radius 1 is 1.28 bits per heavy atom. The molecule has 0 aliphatic carbocycles. The second-order valence-corrected chi connectivity index (χ2v) is 8.28. The van der Waals surface area contributed by atoms with E-state index in [4.69, 9.17) is 9.26 Å². The number of esters is 1. The number of allylic oxidation sites excluding steroid dienone is 1. The van der Waals surface area contributed by atoms with Gasteiger partial charge in [0.2, 0.25) is 0 Å². The number of benzene rings is 1. The zero-order valence-corrected chi connectivity index (χ0v) is 16.3. The van der Waals surface area contributed by atoms with E-state index >= 15 is 0 Å². The summed E-state index contributed by atoms with van der Waals surface area (Å²) in [6.45, 7) is 9.82. The number of hydrogen-bond donors (Lipinski definition) is 1. The zero-order valence-electron chi connectivity index (χ0n) is 15.4. The van der Waals surface area contributed by atoms with Crippen molar-refractivity contribution in [3.8, 4) is 5.75 Å². The quantitative estimate of drug-likeness (QED) is 0.327. The van der Waals surface area contributed by atoms with Crippen LogP contribution in [0.25, 0.3) is 0 Å². The van der Waals surface area contributed by atoms with Crippen LogP contribution in [-0.4, -0.2) is 24.8 Å². The first-order valence-electron chi connectivity index (χ1n) is 8.83. The summed E-state index contributed by atoms with van der Waals surface area (Å²) in [5.74, 6) is 0.437. The number of para-hydroxylation sites is 1. The fraction of sp³-hybridized carbons (Fsp3) is 0.526. The molecule has 0 fully saturated rings. The number of carbonyl (C=O) groups excluding carboxylic acids is 1. The SMILES string of the molecule is C=CCCP(=O)(N[C@@H](C)C(=O)OCC(CC)CC)Oc1ccccc1. The fourth-order valence-corrected chi connectivity index (χ4v) is 4.20. The maximum atomic E-state index is 13.1. The van der Waals surface area contributed by atoms with Gasteiger partial charge < -0.3 is 9.26 Å². The highest BCUT2D eigenvalue weighted by Gasteiger charge is 2.29. The molecule has 1 unspecified atom stereocenters. The molecule has 0 amide bonds. The van der Waals surface area contributed by atoms with Crippen molar-refractivity contribution in [3.05, 3.63) is 43.0 Å². The van der Waals surface area contributed by atoms with Crippen molar-refractivity contribution in [2.24, 2.45) is 5.92 Å². The van der Waals surface area contributed by atoms with Crippen LogP contribution in [0.3, 0.4) is 0 Å². The summed E-state index contributed by atoms with van der Waals surface area (Å²) in [7, 11) is -3.25. The molecule has 0 aliphatic heterocycles. The lowest BCUT2D eigenvalue weighted by Crippen LogP contribution is -2.36. The third-order valence-electron chi connectivity index (χ3n) is 3.98. The van der Waals surface area contributed by atoms with E-state index in [1.54, 1.807) is 37.3 Å². The van der Waals surface area contributed by atoms with Crippen molar-refractivity contribution in [2.75, 3.05) is 12.8 Å². The van der Waals surface area contributed by atoms with Crippen LogP contribution in [0.4, 0.5) is 0 Å². The fourth-order valence-electron chi connectivity index (χ4n) is 2.25. The van der Waals surface area contributed by atoms with Crippen molar-refractivity contribution in [1.82, 2.24) is 5.09 Å². The Hall–Kier alpha value is -1.58. The molecule has 0 aliphatic rings. The minimum absolute atomic E-state index is 0.259. The van der Waals surface area contributed by atoms with Crippen LogP contribution in [0, 0.1) is 5.92 Å². The first-order chi connectivity index (χ1) is 11.9. The molecule has 0 saturated carbocycles. The molecular formula is C19H30NO4P.